The Hall–Kier alpha value is -6.51. The van der Waals surface area contributed by atoms with Crippen molar-refractivity contribution in [3.8, 4) is 72.4 Å². The van der Waals surface area contributed by atoms with Crippen LogP contribution >= 0.6 is 0 Å². The number of rotatable bonds is 3. The second kappa shape index (κ2) is 11.0. The van der Waals surface area contributed by atoms with Crippen LogP contribution in [0.5, 0.6) is 0 Å². The molecule has 49 heavy (non-hydrogen) atoms. The number of para-hydroxylation sites is 1. The van der Waals surface area contributed by atoms with Crippen LogP contribution in [0.25, 0.3) is 94.4 Å². The smallest absolute Gasteiger partial charge is 0.145 e. The van der Waals surface area contributed by atoms with Gasteiger partial charge in [0, 0.05) is 22.7 Å². The van der Waals surface area contributed by atoms with Gasteiger partial charge in [-0.1, -0.05) is 127 Å². The number of hydrogen-bond acceptors (Lipinski definition) is 1. The van der Waals surface area contributed by atoms with E-state index < -0.39 is 0 Å². The summed E-state index contributed by atoms with van der Waals surface area (Å²) in [5, 5.41) is 2.35. The average molecular weight is 623 g/mol. The van der Waals surface area contributed by atoms with Gasteiger partial charge in [0.05, 0.1) is 5.52 Å². The van der Waals surface area contributed by atoms with Gasteiger partial charge in [-0.2, -0.15) is 0 Å². The summed E-state index contributed by atoms with van der Waals surface area (Å²) in [7, 11) is 0. The fourth-order valence-electron chi connectivity index (χ4n) is 7.78. The lowest BCUT2D eigenvalue weighted by molar-refractivity contribution is 1.14. The molecular formula is C47H30N2. The van der Waals surface area contributed by atoms with Crippen LogP contribution in [0, 0.1) is 0 Å². The molecule has 7 aromatic carbocycles. The SMILES string of the molecule is c1ccc(-n2c3ccc(-c4cccc(-c5ccc6c(c5)-c5ccccc5-c5ccccc5-c5ccccc5-6)c4)cc3c3cccnc32)cc1. The Morgan fingerprint density at radius 2 is 0.837 bits per heavy atom. The summed E-state index contributed by atoms with van der Waals surface area (Å²) in [5.74, 6) is 0. The van der Waals surface area contributed by atoms with E-state index in [0.717, 1.165) is 22.2 Å². The minimum atomic E-state index is 0.972. The summed E-state index contributed by atoms with van der Waals surface area (Å²) in [6, 6.07) is 63.9. The van der Waals surface area contributed by atoms with Crippen molar-refractivity contribution in [2.75, 3.05) is 0 Å². The van der Waals surface area contributed by atoms with Crippen LogP contribution in [-0.4, -0.2) is 9.55 Å². The predicted molar refractivity (Wildman–Crippen MR) is 205 cm³/mol. The molecule has 1 aliphatic rings. The van der Waals surface area contributed by atoms with Gasteiger partial charge in [0.15, 0.2) is 0 Å². The van der Waals surface area contributed by atoms with E-state index in [4.69, 9.17) is 4.98 Å². The zero-order valence-electron chi connectivity index (χ0n) is 26.7. The molecule has 2 nitrogen and oxygen atoms in total. The molecule has 0 N–H and O–H groups in total. The fraction of sp³-hybridized carbons (Fsp3) is 0. The van der Waals surface area contributed by atoms with E-state index in [0.29, 0.717) is 0 Å². The second-order valence-corrected chi connectivity index (χ2v) is 12.8. The minimum absolute atomic E-state index is 0.972. The predicted octanol–water partition coefficient (Wildman–Crippen LogP) is 12.5. The molecular weight excluding hydrogens is 593 g/mol. The zero-order chi connectivity index (χ0) is 32.3. The first-order valence-corrected chi connectivity index (χ1v) is 16.8. The number of benzene rings is 7. The highest BCUT2D eigenvalue weighted by Crippen LogP contribution is 2.48. The van der Waals surface area contributed by atoms with Crippen molar-refractivity contribution in [3.05, 3.63) is 182 Å². The molecule has 0 amide bonds. The second-order valence-electron chi connectivity index (χ2n) is 12.8. The van der Waals surface area contributed by atoms with E-state index >= 15 is 0 Å². The summed E-state index contributed by atoms with van der Waals surface area (Å²) in [6.45, 7) is 0. The van der Waals surface area contributed by atoms with E-state index in [1.807, 2.05) is 12.3 Å². The molecule has 10 rings (SSSR count). The van der Waals surface area contributed by atoms with Gasteiger partial charge in [0.25, 0.3) is 0 Å². The van der Waals surface area contributed by atoms with E-state index in [2.05, 4.69) is 174 Å². The molecule has 0 bridgehead atoms. The quantitative estimate of drug-likeness (QED) is 0.192. The lowest BCUT2D eigenvalue weighted by Crippen LogP contribution is -1.97. The lowest BCUT2D eigenvalue weighted by atomic mass is 9.80. The molecule has 9 aromatic rings. The molecule has 0 atom stereocenters. The number of nitrogens with zero attached hydrogens (tertiary/aromatic N) is 2. The largest absolute Gasteiger partial charge is 0.294 e. The molecule has 0 fully saturated rings. The molecule has 2 aromatic heterocycles. The molecule has 0 saturated heterocycles. The Morgan fingerprint density at radius 3 is 1.47 bits per heavy atom. The Bertz CT molecular complexity index is 2710. The third-order valence-corrected chi connectivity index (χ3v) is 10.0. The Kier molecular flexibility index (Phi) is 6.22. The third-order valence-electron chi connectivity index (χ3n) is 10.0. The van der Waals surface area contributed by atoms with Gasteiger partial charge in [0.2, 0.25) is 0 Å². The maximum absolute atomic E-state index is 4.80. The highest BCUT2D eigenvalue weighted by molar-refractivity contribution is 6.09. The van der Waals surface area contributed by atoms with Crippen molar-refractivity contribution in [1.82, 2.24) is 9.55 Å². The highest BCUT2D eigenvalue weighted by atomic mass is 15.0. The van der Waals surface area contributed by atoms with E-state index in [-0.39, 0.29) is 0 Å². The third kappa shape index (κ3) is 4.38. The molecule has 2 heteroatoms. The van der Waals surface area contributed by atoms with Crippen LogP contribution in [0.15, 0.2) is 182 Å². The van der Waals surface area contributed by atoms with Crippen LogP contribution in [0.4, 0.5) is 0 Å². The number of fused-ring (bicyclic) bond motifs is 11. The molecule has 0 saturated carbocycles. The number of hydrogen-bond donors (Lipinski definition) is 0. The summed E-state index contributed by atoms with van der Waals surface area (Å²) in [5.41, 5.74) is 18.1. The maximum Gasteiger partial charge on any atom is 0.145 e. The van der Waals surface area contributed by atoms with Gasteiger partial charge in [0.1, 0.15) is 5.65 Å². The first-order chi connectivity index (χ1) is 24.3. The number of aromatic nitrogens is 2. The highest BCUT2D eigenvalue weighted by Gasteiger charge is 2.22. The van der Waals surface area contributed by atoms with Crippen molar-refractivity contribution in [2.24, 2.45) is 0 Å². The van der Waals surface area contributed by atoms with Gasteiger partial charge in [-0.3, -0.25) is 4.57 Å². The molecule has 0 unspecified atom stereocenters. The fourth-order valence-corrected chi connectivity index (χ4v) is 7.78. The monoisotopic (exact) mass is 622 g/mol. The van der Waals surface area contributed by atoms with E-state index in [1.54, 1.807) is 0 Å². The molecule has 0 radical (unpaired) electrons. The van der Waals surface area contributed by atoms with E-state index in [1.165, 1.54) is 72.1 Å². The minimum Gasteiger partial charge on any atom is -0.294 e. The molecule has 0 aliphatic heterocycles. The first-order valence-electron chi connectivity index (χ1n) is 16.8. The van der Waals surface area contributed by atoms with Gasteiger partial charge < -0.3 is 0 Å². The van der Waals surface area contributed by atoms with Crippen molar-refractivity contribution in [2.45, 2.75) is 0 Å². The van der Waals surface area contributed by atoms with Gasteiger partial charge in [-0.05, 0) is 115 Å². The van der Waals surface area contributed by atoms with Crippen molar-refractivity contribution in [1.29, 1.82) is 0 Å². The van der Waals surface area contributed by atoms with Crippen LogP contribution in [0.1, 0.15) is 0 Å². The zero-order valence-corrected chi connectivity index (χ0v) is 26.7. The molecule has 0 spiro atoms. The van der Waals surface area contributed by atoms with Crippen molar-refractivity contribution in [3.63, 3.8) is 0 Å². The summed E-state index contributed by atoms with van der Waals surface area (Å²) >= 11 is 0. The van der Waals surface area contributed by atoms with Gasteiger partial charge in [-0.15, -0.1) is 0 Å². The Morgan fingerprint density at radius 1 is 0.327 bits per heavy atom. The van der Waals surface area contributed by atoms with E-state index in [9.17, 15) is 0 Å². The number of pyridine rings is 1. The first kappa shape index (κ1) is 27.6. The van der Waals surface area contributed by atoms with Crippen LogP contribution in [0.3, 0.4) is 0 Å². The average Bonchev–Trinajstić information content (AvgIpc) is 3.51. The maximum atomic E-state index is 4.80. The Labute approximate surface area is 285 Å². The van der Waals surface area contributed by atoms with Gasteiger partial charge in [-0.25, -0.2) is 4.98 Å². The molecule has 2 heterocycles. The summed E-state index contributed by atoms with van der Waals surface area (Å²) in [4.78, 5) is 4.80. The molecule has 1 aliphatic carbocycles. The van der Waals surface area contributed by atoms with Crippen molar-refractivity contribution >= 4 is 21.9 Å². The normalized spacial score (nSPS) is 11.7. The van der Waals surface area contributed by atoms with Gasteiger partial charge >= 0.3 is 0 Å². The topological polar surface area (TPSA) is 17.8 Å². The summed E-state index contributed by atoms with van der Waals surface area (Å²) in [6.07, 6.45) is 1.88. The standard InChI is InChI=1S/C47H30N2/c1-2-14-35(15-3-1)49-46-26-24-34(30-45(46)43-22-11-27-48-47(43)49)32-13-10-12-31(28-32)33-23-25-42-40-20-7-6-18-38(40)36-16-4-5-17-37(36)39-19-8-9-21-41(39)44(42)29-33/h1-30H. The van der Waals surface area contributed by atoms with Crippen LogP contribution in [0.2, 0.25) is 0 Å². The lowest BCUT2D eigenvalue weighted by Gasteiger charge is -2.23. The van der Waals surface area contributed by atoms with Crippen LogP contribution < -0.4 is 0 Å². The molecule has 228 valence electrons. The van der Waals surface area contributed by atoms with Crippen molar-refractivity contribution < 1.29 is 0 Å². The Balaban J connectivity index is 1.13. The summed E-state index contributed by atoms with van der Waals surface area (Å²) < 4.78 is 2.26. The van der Waals surface area contributed by atoms with Crippen LogP contribution in [-0.2, 0) is 0 Å².